The van der Waals surface area contributed by atoms with Gasteiger partial charge in [-0.2, -0.15) is 0 Å². The molecule has 0 aliphatic heterocycles. The minimum absolute atomic E-state index is 0.236. The zero-order valence-electron chi connectivity index (χ0n) is 16.7. The fraction of sp³-hybridized carbons (Fsp3) is 0.174. The van der Waals surface area contributed by atoms with Gasteiger partial charge in [0.15, 0.2) is 0 Å². The lowest BCUT2D eigenvalue weighted by Crippen LogP contribution is -2.29. The number of sulfonamides is 1. The smallest absolute Gasteiger partial charge is 0.255 e. The molecule has 150 valence electrons. The molecule has 0 heterocycles. The highest BCUT2D eigenvalue weighted by atomic mass is 32.2. The Balaban J connectivity index is 1.82. The van der Waals surface area contributed by atoms with Gasteiger partial charge in [0.1, 0.15) is 0 Å². The molecule has 1 N–H and O–H groups in total. The van der Waals surface area contributed by atoms with Crippen molar-refractivity contribution in [1.82, 2.24) is 0 Å². The molecule has 3 aromatic rings. The first-order chi connectivity index (χ1) is 13.7. The van der Waals surface area contributed by atoms with Crippen LogP contribution in [0.25, 0.3) is 0 Å². The molecular formula is C23H24N2O3S. The Morgan fingerprint density at radius 2 is 1.62 bits per heavy atom. The van der Waals surface area contributed by atoms with Gasteiger partial charge in [-0.05, 0) is 66.9 Å². The van der Waals surface area contributed by atoms with Gasteiger partial charge in [0.05, 0.1) is 18.5 Å². The Labute approximate surface area is 172 Å². The SMILES string of the molecule is Cc1cccc(NC(=O)c2ccc(N(Cc3ccccc3C)S(C)(=O)=O)cc2)c1. The van der Waals surface area contributed by atoms with Crippen LogP contribution in [0.5, 0.6) is 0 Å². The van der Waals surface area contributed by atoms with Crippen LogP contribution >= 0.6 is 0 Å². The molecule has 6 heteroatoms. The van der Waals surface area contributed by atoms with Gasteiger partial charge in [0.25, 0.3) is 5.91 Å². The van der Waals surface area contributed by atoms with Crippen LogP contribution < -0.4 is 9.62 Å². The van der Waals surface area contributed by atoms with Crippen molar-refractivity contribution in [3.05, 3.63) is 95.1 Å². The zero-order valence-corrected chi connectivity index (χ0v) is 17.5. The first-order valence-corrected chi connectivity index (χ1v) is 11.1. The molecule has 0 fully saturated rings. The Morgan fingerprint density at radius 3 is 2.24 bits per heavy atom. The molecule has 0 saturated carbocycles. The predicted molar refractivity (Wildman–Crippen MR) is 118 cm³/mol. The third-order valence-corrected chi connectivity index (χ3v) is 5.81. The third-order valence-electron chi connectivity index (χ3n) is 4.67. The number of nitrogens with zero attached hydrogens (tertiary/aromatic N) is 1. The number of carbonyl (C=O) groups excluding carboxylic acids is 1. The molecule has 0 atom stereocenters. The Bertz CT molecular complexity index is 1120. The van der Waals surface area contributed by atoms with Crippen LogP contribution in [-0.4, -0.2) is 20.6 Å². The normalized spacial score (nSPS) is 11.1. The van der Waals surface area contributed by atoms with Crippen molar-refractivity contribution in [2.24, 2.45) is 0 Å². The van der Waals surface area contributed by atoms with E-state index in [0.717, 1.165) is 22.4 Å². The summed E-state index contributed by atoms with van der Waals surface area (Å²) >= 11 is 0. The molecule has 0 radical (unpaired) electrons. The number of carbonyl (C=O) groups is 1. The molecule has 0 unspecified atom stereocenters. The summed E-state index contributed by atoms with van der Waals surface area (Å²) in [7, 11) is -3.49. The minimum Gasteiger partial charge on any atom is -0.322 e. The van der Waals surface area contributed by atoms with Gasteiger partial charge in [0, 0.05) is 11.3 Å². The lowest BCUT2D eigenvalue weighted by Gasteiger charge is -2.23. The van der Waals surface area contributed by atoms with Crippen molar-refractivity contribution in [1.29, 1.82) is 0 Å². The molecule has 0 aliphatic rings. The van der Waals surface area contributed by atoms with Crippen molar-refractivity contribution in [3.8, 4) is 0 Å². The van der Waals surface area contributed by atoms with E-state index in [-0.39, 0.29) is 12.5 Å². The monoisotopic (exact) mass is 408 g/mol. The summed E-state index contributed by atoms with van der Waals surface area (Å²) in [5, 5.41) is 2.85. The topological polar surface area (TPSA) is 66.5 Å². The van der Waals surface area contributed by atoms with Crippen molar-refractivity contribution >= 4 is 27.3 Å². The van der Waals surface area contributed by atoms with Crippen LogP contribution in [0.1, 0.15) is 27.0 Å². The number of hydrogen-bond acceptors (Lipinski definition) is 3. The second-order valence-electron chi connectivity index (χ2n) is 7.07. The molecule has 1 amide bonds. The molecule has 5 nitrogen and oxygen atoms in total. The highest BCUT2D eigenvalue weighted by molar-refractivity contribution is 7.92. The quantitative estimate of drug-likeness (QED) is 0.652. The van der Waals surface area contributed by atoms with E-state index in [9.17, 15) is 13.2 Å². The van der Waals surface area contributed by atoms with Crippen LogP contribution in [-0.2, 0) is 16.6 Å². The summed E-state index contributed by atoms with van der Waals surface area (Å²) in [4.78, 5) is 12.5. The summed E-state index contributed by atoms with van der Waals surface area (Å²) in [6, 6.07) is 21.8. The molecule has 0 aromatic heterocycles. The van der Waals surface area contributed by atoms with E-state index in [1.165, 1.54) is 10.6 Å². The molecule has 0 bridgehead atoms. The highest BCUT2D eigenvalue weighted by Crippen LogP contribution is 2.23. The van der Waals surface area contributed by atoms with Gasteiger partial charge in [-0.15, -0.1) is 0 Å². The molecule has 0 aliphatic carbocycles. The number of hydrogen-bond donors (Lipinski definition) is 1. The van der Waals surface area contributed by atoms with E-state index in [4.69, 9.17) is 0 Å². The van der Waals surface area contributed by atoms with Crippen molar-refractivity contribution < 1.29 is 13.2 Å². The second-order valence-corrected chi connectivity index (χ2v) is 8.97. The number of rotatable bonds is 6. The second kappa shape index (κ2) is 8.49. The summed E-state index contributed by atoms with van der Waals surface area (Å²) in [5.74, 6) is -0.244. The Kier molecular flexibility index (Phi) is 6.03. The Hall–Kier alpha value is -3.12. The largest absolute Gasteiger partial charge is 0.322 e. The highest BCUT2D eigenvalue weighted by Gasteiger charge is 2.19. The maximum atomic E-state index is 12.5. The number of amides is 1. The maximum Gasteiger partial charge on any atom is 0.255 e. The maximum absolute atomic E-state index is 12.5. The van der Waals surface area contributed by atoms with Gasteiger partial charge < -0.3 is 5.32 Å². The summed E-state index contributed by atoms with van der Waals surface area (Å²) in [6.07, 6.45) is 1.18. The van der Waals surface area contributed by atoms with Gasteiger partial charge in [0.2, 0.25) is 10.0 Å². The zero-order chi connectivity index (χ0) is 21.0. The van der Waals surface area contributed by atoms with Gasteiger partial charge in [-0.3, -0.25) is 9.10 Å². The predicted octanol–water partition coefficient (Wildman–Crippen LogP) is 4.52. The molecule has 3 aromatic carbocycles. The van der Waals surface area contributed by atoms with Crippen LogP contribution in [0.4, 0.5) is 11.4 Å². The van der Waals surface area contributed by atoms with Crippen LogP contribution in [0.3, 0.4) is 0 Å². The first-order valence-electron chi connectivity index (χ1n) is 9.24. The summed E-state index contributed by atoms with van der Waals surface area (Å²) < 4.78 is 26.1. The lowest BCUT2D eigenvalue weighted by molar-refractivity contribution is 0.102. The molecule has 0 saturated heterocycles. The number of benzene rings is 3. The molecule has 0 spiro atoms. The average molecular weight is 409 g/mol. The minimum atomic E-state index is -3.49. The van der Waals surface area contributed by atoms with Gasteiger partial charge in [-0.1, -0.05) is 36.4 Å². The van der Waals surface area contributed by atoms with E-state index < -0.39 is 10.0 Å². The van der Waals surface area contributed by atoms with Crippen molar-refractivity contribution in [3.63, 3.8) is 0 Å². The fourth-order valence-electron chi connectivity index (χ4n) is 3.05. The van der Waals surface area contributed by atoms with E-state index >= 15 is 0 Å². The Morgan fingerprint density at radius 1 is 0.931 bits per heavy atom. The van der Waals surface area contributed by atoms with E-state index in [1.54, 1.807) is 24.3 Å². The summed E-state index contributed by atoms with van der Waals surface area (Å²) in [6.45, 7) is 4.15. The fourth-order valence-corrected chi connectivity index (χ4v) is 3.93. The van der Waals surface area contributed by atoms with Crippen LogP contribution in [0.15, 0.2) is 72.8 Å². The van der Waals surface area contributed by atoms with E-state index in [1.807, 2.05) is 62.4 Å². The number of anilines is 2. The molecular weight excluding hydrogens is 384 g/mol. The van der Waals surface area contributed by atoms with E-state index in [0.29, 0.717) is 11.3 Å². The van der Waals surface area contributed by atoms with Crippen LogP contribution in [0, 0.1) is 13.8 Å². The molecule has 3 rings (SSSR count). The van der Waals surface area contributed by atoms with Crippen LogP contribution in [0.2, 0.25) is 0 Å². The lowest BCUT2D eigenvalue weighted by atomic mass is 10.1. The first kappa shape index (κ1) is 20.6. The summed E-state index contributed by atoms with van der Waals surface area (Å²) in [5.41, 5.74) is 4.70. The van der Waals surface area contributed by atoms with Crippen molar-refractivity contribution in [2.75, 3.05) is 15.9 Å². The average Bonchev–Trinajstić information content (AvgIpc) is 2.66. The molecule has 29 heavy (non-hydrogen) atoms. The van der Waals surface area contributed by atoms with E-state index in [2.05, 4.69) is 5.32 Å². The number of aryl methyl sites for hydroxylation is 2. The third kappa shape index (κ3) is 5.23. The van der Waals surface area contributed by atoms with Gasteiger partial charge >= 0.3 is 0 Å². The number of nitrogens with one attached hydrogen (secondary N) is 1. The van der Waals surface area contributed by atoms with Crippen molar-refractivity contribution in [2.45, 2.75) is 20.4 Å². The standard InChI is InChI=1S/C23H24N2O3S/c1-17-7-6-10-21(15-17)24-23(26)19-11-13-22(14-12-19)25(29(3,27)28)16-20-9-5-4-8-18(20)2/h4-15H,16H2,1-3H3,(H,24,26). The van der Waals surface area contributed by atoms with Gasteiger partial charge in [-0.25, -0.2) is 8.42 Å².